The fourth-order valence-corrected chi connectivity index (χ4v) is 0.810. The van der Waals surface area contributed by atoms with Crippen molar-refractivity contribution in [1.82, 2.24) is 16.2 Å². The summed E-state index contributed by atoms with van der Waals surface area (Å²) < 4.78 is 4.38. The van der Waals surface area contributed by atoms with Gasteiger partial charge in [0.2, 0.25) is 5.84 Å². The minimum absolute atomic E-state index is 0.104. The molecule has 1 heterocycles. The number of carbonyl (C=O) groups excluding carboxylic acids is 2. The number of amidine groups is 2. The lowest BCUT2D eigenvalue weighted by atomic mass is 10.5. The molecule has 0 fully saturated rings. The number of amides is 1. The molecule has 1 amide bonds. The minimum atomic E-state index is -0.703. The van der Waals surface area contributed by atoms with Crippen LogP contribution in [0.4, 0.5) is 0 Å². The van der Waals surface area contributed by atoms with Gasteiger partial charge in [-0.2, -0.15) is 0 Å². The molecular formula is C7H11N5O4. The number of esters is 1. The number of hydrogen-bond acceptors (Lipinski definition) is 8. The third kappa shape index (κ3) is 2.92. The van der Waals surface area contributed by atoms with E-state index in [1.54, 1.807) is 0 Å². The summed E-state index contributed by atoms with van der Waals surface area (Å²) in [5.74, 6) is -1.51. The smallest absolute Gasteiger partial charge is 0.377 e. The van der Waals surface area contributed by atoms with E-state index in [-0.39, 0.29) is 24.8 Å². The second-order valence-electron chi connectivity index (χ2n) is 2.62. The monoisotopic (exact) mass is 229 g/mol. The first-order valence-electron chi connectivity index (χ1n) is 4.33. The SMILES string of the molecule is COC(=O)C1=NNC(C(=O)NCCO)=NN1. The van der Waals surface area contributed by atoms with Gasteiger partial charge < -0.3 is 15.2 Å². The molecular weight excluding hydrogens is 218 g/mol. The van der Waals surface area contributed by atoms with Gasteiger partial charge in [-0.15, -0.1) is 10.2 Å². The number of methoxy groups -OCH3 is 1. The van der Waals surface area contributed by atoms with Crippen LogP contribution in [-0.4, -0.2) is 48.9 Å². The Morgan fingerprint density at radius 3 is 2.50 bits per heavy atom. The van der Waals surface area contributed by atoms with Gasteiger partial charge in [-0.25, -0.2) is 4.79 Å². The number of nitrogens with one attached hydrogen (secondary N) is 3. The normalized spacial score (nSPS) is 13.9. The first-order valence-corrected chi connectivity index (χ1v) is 4.33. The largest absolute Gasteiger partial charge is 0.463 e. The Bertz CT molecular complexity index is 351. The Hall–Kier alpha value is -2.16. The van der Waals surface area contributed by atoms with Crippen LogP contribution in [0.25, 0.3) is 0 Å². The Morgan fingerprint density at radius 2 is 2.00 bits per heavy atom. The van der Waals surface area contributed by atoms with Gasteiger partial charge in [0.15, 0.2) is 0 Å². The second kappa shape index (κ2) is 5.66. The number of ether oxygens (including phenoxy) is 1. The van der Waals surface area contributed by atoms with Crippen LogP contribution in [0.1, 0.15) is 0 Å². The molecule has 0 aromatic rings. The van der Waals surface area contributed by atoms with E-state index in [9.17, 15) is 9.59 Å². The van der Waals surface area contributed by atoms with Gasteiger partial charge in [0.1, 0.15) is 0 Å². The van der Waals surface area contributed by atoms with E-state index in [1.807, 2.05) is 0 Å². The Morgan fingerprint density at radius 1 is 1.38 bits per heavy atom. The fraction of sp³-hybridized carbons (Fsp3) is 0.429. The van der Waals surface area contributed by atoms with E-state index in [1.165, 1.54) is 7.11 Å². The zero-order valence-corrected chi connectivity index (χ0v) is 8.48. The quantitative estimate of drug-likeness (QED) is 0.383. The Labute approximate surface area is 90.5 Å². The first kappa shape index (κ1) is 11.9. The van der Waals surface area contributed by atoms with Crippen molar-refractivity contribution < 1.29 is 19.4 Å². The molecule has 0 aromatic heterocycles. The highest BCUT2D eigenvalue weighted by Crippen LogP contribution is 1.86. The number of carbonyl (C=O) groups is 2. The van der Waals surface area contributed by atoms with E-state index in [0.29, 0.717) is 0 Å². The molecule has 1 aliphatic heterocycles. The number of hydrogen-bond donors (Lipinski definition) is 4. The number of nitrogens with zero attached hydrogens (tertiary/aromatic N) is 2. The predicted molar refractivity (Wildman–Crippen MR) is 53.3 cm³/mol. The molecule has 0 atom stereocenters. The van der Waals surface area contributed by atoms with Crippen molar-refractivity contribution in [2.24, 2.45) is 10.2 Å². The van der Waals surface area contributed by atoms with Crippen molar-refractivity contribution >= 4 is 23.5 Å². The first-order chi connectivity index (χ1) is 7.69. The summed E-state index contributed by atoms with van der Waals surface area (Å²) in [4.78, 5) is 22.2. The molecule has 9 nitrogen and oxygen atoms in total. The van der Waals surface area contributed by atoms with E-state index in [2.05, 4.69) is 31.1 Å². The molecule has 0 unspecified atom stereocenters. The summed E-state index contributed by atoms with van der Waals surface area (Å²) in [5, 5.41) is 17.9. The van der Waals surface area contributed by atoms with Crippen LogP contribution in [0, 0.1) is 0 Å². The summed E-state index contributed by atoms with van der Waals surface area (Å²) in [6, 6.07) is 0. The van der Waals surface area contributed by atoms with E-state index in [0.717, 1.165) is 0 Å². The third-order valence-electron chi connectivity index (χ3n) is 1.54. The number of aliphatic hydroxyl groups is 1. The second-order valence-corrected chi connectivity index (χ2v) is 2.62. The van der Waals surface area contributed by atoms with Crippen molar-refractivity contribution in [2.45, 2.75) is 0 Å². The minimum Gasteiger partial charge on any atom is -0.463 e. The van der Waals surface area contributed by atoms with Gasteiger partial charge in [-0.3, -0.25) is 15.6 Å². The van der Waals surface area contributed by atoms with Crippen LogP contribution in [0.5, 0.6) is 0 Å². The van der Waals surface area contributed by atoms with Crippen LogP contribution in [0.2, 0.25) is 0 Å². The van der Waals surface area contributed by atoms with E-state index in [4.69, 9.17) is 5.11 Å². The number of aliphatic hydroxyl groups excluding tert-OH is 1. The van der Waals surface area contributed by atoms with E-state index < -0.39 is 11.9 Å². The molecule has 0 aromatic carbocycles. The highest BCUT2D eigenvalue weighted by Gasteiger charge is 2.19. The van der Waals surface area contributed by atoms with Crippen LogP contribution >= 0.6 is 0 Å². The average Bonchev–Trinajstić information content (AvgIpc) is 2.35. The van der Waals surface area contributed by atoms with Gasteiger partial charge >= 0.3 is 5.97 Å². The highest BCUT2D eigenvalue weighted by atomic mass is 16.5. The molecule has 88 valence electrons. The van der Waals surface area contributed by atoms with Gasteiger partial charge in [0, 0.05) is 6.54 Å². The summed E-state index contributed by atoms with van der Waals surface area (Å²) in [6.45, 7) is -0.0732. The topological polar surface area (TPSA) is 124 Å². The maximum Gasteiger partial charge on any atom is 0.377 e. The van der Waals surface area contributed by atoms with Crippen molar-refractivity contribution in [3.63, 3.8) is 0 Å². The zero-order valence-electron chi connectivity index (χ0n) is 8.48. The third-order valence-corrected chi connectivity index (χ3v) is 1.54. The molecule has 1 rings (SSSR count). The van der Waals surface area contributed by atoms with Gasteiger partial charge in [0.25, 0.3) is 11.7 Å². The molecule has 0 bridgehead atoms. The predicted octanol–water partition coefficient (Wildman–Crippen LogP) is -2.91. The molecule has 9 heteroatoms. The molecule has 0 radical (unpaired) electrons. The molecule has 0 aliphatic carbocycles. The Kier molecular flexibility index (Phi) is 4.21. The molecule has 0 saturated heterocycles. The van der Waals surface area contributed by atoms with Crippen LogP contribution in [0.15, 0.2) is 10.2 Å². The Balaban J connectivity index is 2.49. The summed E-state index contributed by atoms with van der Waals surface area (Å²) >= 11 is 0. The lowest BCUT2D eigenvalue weighted by Crippen LogP contribution is -2.46. The zero-order chi connectivity index (χ0) is 12.0. The van der Waals surface area contributed by atoms with Gasteiger partial charge in [-0.1, -0.05) is 0 Å². The van der Waals surface area contributed by atoms with Crippen LogP contribution in [-0.2, 0) is 14.3 Å². The maximum absolute atomic E-state index is 11.3. The lowest BCUT2D eigenvalue weighted by Gasteiger charge is -2.12. The van der Waals surface area contributed by atoms with Crippen LogP contribution < -0.4 is 16.2 Å². The fourth-order valence-electron chi connectivity index (χ4n) is 0.810. The van der Waals surface area contributed by atoms with Crippen molar-refractivity contribution in [2.75, 3.05) is 20.3 Å². The van der Waals surface area contributed by atoms with Gasteiger partial charge in [-0.05, 0) is 0 Å². The summed E-state index contributed by atoms with van der Waals surface area (Å²) in [7, 11) is 1.19. The van der Waals surface area contributed by atoms with Crippen molar-refractivity contribution in [1.29, 1.82) is 0 Å². The van der Waals surface area contributed by atoms with Crippen LogP contribution in [0.3, 0.4) is 0 Å². The lowest BCUT2D eigenvalue weighted by molar-refractivity contribution is -0.133. The molecule has 16 heavy (non-hydrogen) atoms. The summed E-state index contributed by atoms with van der Waals surface area (Å²) in [6.07, 6.45) is 0. The van der Waals surface area contributed by atoms with E-state index >= 15 is 0 Å². The van der Waals surface area contributed by atoms with Crippen molar-refractivity contribution in [3.05, 3.63) is 0 Å². The van der Waals surface area contributed by atoms with Crippen molar-refractivity contribution in [3.8, 4) is 0 Å². The molecule has 0 saturated carbocycles. The molecule has 4 N–H and O–H groups in total. The maximum atomic E-state index is 11.3. The van der Waals surface area contributed by atoms with Gasteiger partial charge in [0.05, 0.1) is 13.7 Å². The highest BCUT2D eigenvalue weighted by molar-refractivity contribution is 6.41. The number of rotatable bonds is 4. The average molecular weight is 229 g/mol. The standard InChI is InChI=1S/C7H11N5O4/c1-16-7(15)5-11-9-4(10-12-5)6(14)8-2-3-13/h13H,2-3H2,1H3,(H,8,14)(H,9,10)(H,11,12). The molecule has 0 spiro atoms. The number of hydrazone groups is 2. The molecule has 1 aliphatic rings. The summed E-state index contributed by atoms with van der Waals surface area (Å²) in [5.41, 5.74) is 4.53.